The molecule has 0 radical (unpaired) electrons. The van der Waals surface area contributed by atoms with E-state index < -0.39 is 5.60 Å². The van der Waals surface area contributed by atoms with Gasteiger partial charge in [-0.15, -0.1) is 0 Å². The molecule has 12 heavy (non-hydrogen) atoms. The number of nitrogens with one attached hydrogen (secondary N) is 1. The van der Waals surface area contributed by atoms with Crippen LogP contribution in [0.15, 0.2) is 0 Å². The molecule has 3 nitrogen and oxygen atoms in total. The molecular weight excluding hydrogens is 152 g/mol. The molecule has 1 saturated heterocycles. The zero-order valence-electron chi connectivity index (χ0n) is 8.01. The summed E-state index contributed by atoms with van der Waals surface area (Å²) in [5, 5.41) is 13.5. The fourth-order valence-corrected chi connectivity index (χ4v) is 1.91. The van der Waals surface area contributed by atoms with Crippen molar-refractivity contribution in [2.45, 2.75) is 38.3 Å². The second-order valence-electron chi connectivity index (χ2n) is 4.05. The Labute approximate surface area is 74.3 Å². The quantitative estimate of drug-likeness (QED) is 0.553. The normalized spacial score (nSPS) is 39.5. The van der Waals surface area contributed by atoms with Crippen LogP contribution in [0.1, 0.15) is 26.7 Å². The van der Waals surface area contributed by atoms with Gasteiger partial charge in [0, 0.05) is 6.04 Å². The number of hydrogen-bond donors (Lipinski definition) is 3. The summed E-state index contributed by atoms with van der Waals surface area (Å²) in [5.74, 6) is 0.210. The van der Waals surface area contributed by atoms with Crippen molar-refractivity contribution in [3.8, 4) is 0 Å². The van der Waals surface area contributed by atoms with Gasteiger partial charge in [-0.25, -0.2) is 0 Å². The molecule has 0 aromatic carbocycles. The monoisotopic (exact) mass is 172 g/mol. The summed E-state index contributed by atoms with van der Waals surface area (Å²) in [6, 6.07) is 0.415. The van der Waals surface area contributed by atoms with E-state index in [1.165, 1.54) is 0 Å². The fourth-order valence-electron chi connectivity index (χ4n) is 1.91. The van der Waals surface area contributed by atoms with Crippen LogP contribution in [-0.4, -0.2) is 29.8 Å². The minimum Gasteiger partial charge on any atom is -0.389 e. The molecular formula is C9H20N2O. The van der Waals surface area contributed by atoms with Gasteiger partial charge in [-0.1, -0.05) is 6.92 Å². The second kappa shape index (κ2) is 3.73. The number of rotatable bonds is 2. The van der Waals surface area contributed by atoms with E-state index in [-0.39, 0.29) is 5.92 Å². The summed E-state index contributed by atoms with van der Waals surface area (Å²) in [4.78, 5) is 0. The Balaban J connectivity index is 2.56. The Hall–Kier alpha value is -0.120. The van der Waals surface area contributed by atoms with Gasteiger partial charge in [0.25, 0.3) is 0 Å². The summed E-state index contributed by atoms with van der Waals surface area (Å²) in [5.41, 5.74) is 5.02. The summed E-state index contributed by atoms with van der Waals surface area (Å²) in [6.45, 7) is 5.61. The molecule has 3 unspecified atom stereocenters. The first-order valence-electron chi connectivity index (χ1n) is 4.74. The zero-order valence-corrected chi connectivity index (χ0v) is 8.01. The van der Waals surface area contributed by atoms with Crippen molar-refractivity contribution in [1.82, 2.24) is 5.32 Å². The second-order valence-corrected chi connectivity index (χ2v) is 4.05. The molecule has 0 amide bonds. The Kier molecular flexibility index (Phi) is 3.09. The predicted octanol–water partition coefficient (Wildman–Crippen LogP) is 0.0842. The van der Waals surface area contributed by atoms with Gasteiger partial charge in [-0.2, -0.15) is 0 Å². The van der Waals surface area contributed by atoms with Crippen LogP contribution in [0.4, 0.5) is 0 Å². The van der Waals surface area contributed by atoms with Crippen LogP contribution in [0, 0.1) is 5.92 Å². The van der Waals surface area contributed by atoms with E-state index in [1.807, 2.05) is 6.92 Å². The summed E-state index contributed by atoms with van der Waals surface area (Å²) >= 11 is 0. The first kappa shape index (κ1) is 9.96. The highest BCUT2D eigenvalue weighted by Gasteiger charge is 2.36. The summed E-state index contributed by atoms with van der Waals surface area (Å²) in [7, 11) is 0. The van der Waals surface area contributed by atoms with Crippen molar-refractivity contribution >= 4 is 0 Å². The first-order valence-corrected chi connectivity index (χ1v) is 4.74. The van der Waals surface area contributed by atoms with Crippen molar-refractivity contribution in [2.75, 3.05) is 13.1 Å². The fraction of sp³-hybridized carbons (Fsp3) is 1.00. The maximum atomic E-state index is 10.2. The molecule has 0 aromatic heterocycles. The third kappa shape index (κ3) is 1.97. The lowest BCUT2D eigenvalue weighted by Crippen LogP contribution is -2.51. The summed E-state index contributed by atoms with van der Waals surface area (Å²) < 4.78 is 0. The Morgan fingerprint density at radius 3 is 2.92 bits per heavy atom. The molecule has 4 N–H and O–H groups in total. The van der Waals surface area contributed by atoms with Gasteiger partial charge in [0.05, 0.1) is 5.60 Å². The third-order valence-electron chi connectivity index (χ3n) is 2.98. The minimum absolute atomic E-state index is 0.210. The number of nitrogens with two attached hydrogens (primary N) is 1. The Morgan fingerprint density at radius 1 is 1.75 bits per heavy atom. The smallest absolute Gasteiger partial charge is 0.0712 e. The van der Waals surface area contributed by atoms with Crippen LogP contribution in [-0.2, 0) is 0 Å². The van der Waals surface area contributed by atoms with E-state index in [0.717, 1.165) is 19.4 Å². The lowest BCUT2D eigenvalue weighted by molar-refractivity contribution is -0.0443. The molecule has 0 saturated carbocycles. The molecule has 0 aliphatic carbocycles. The van der Waals surface area contributed by atoms with Crippen molar-refractivity contribution < 1.29 is 5.11 Å². The predicted molar refractivity (Wildman–Crippen MR) is 49.9 cm³/mol. The lowest BCUT2D eigenvalue weighted by atomic mass is 9.78. The Bertz CT molecular complexity index is 151. The maximum Gasteiger partial charge on any atom is 0.0712 e. The van der Waals surface area contributed by atoms with Gasteiger partial charge >= 0.3 is 0 Å². The average Bonchev–Trinajstić information content (AvgIpc) is 2.02. The topological polar surface area (TPSA) is 58.3 Å². The summed E-state index contributed by atoms with van der Waals surface area (Å²) in [6.07, 6.45) is 1.65. The van der Waals surface area contributed by atoms with Crippen LogP contribution in [0.2, 0.25) is 0 Å². The van der Waals surface area contributed by atoms with Gasteiger partial charge in [-0.05, 0) is 38.8 Å². The highest BCUT2D eigenvalue weighted by Crippen LogP contribution is 2.28. The van der Waals surface area contributed by atoms with Crippen molar-refractivity contribution in [3.63, 3.8) is 0 Å². The van der Waals surface area contributed by atoms with E-state index >= 15 is 0 Å². The van der Waals surface area contributed by atoms with E-state index in [0.29, 0.717) is 12.6 Å². The van der Waals surface area contributed by atoms with Crippen LogP contribution in [0.5, 0.6) is 0 Å². The van der Waals surface area contributed by atoms with Crippen LogP contribution in [0.3, 0.4) is 0 Å². The molecule has 3 heteroatoms. The van der Waals surface area contributed by atoms with Crippen LogP contribution < -0.4 is 11.1 Å². The molecule has 0 aromatic rings. The van der Waals surface area contributed by atoms with E-state index in [9.17, 15) is 5.11 Å². The molecule has 0 bridgehead atoms. The van der Waals surface area contributed by atoms with Crippen molar-refractivity contribution in [3.05, 3.63) is 0 Å². The molecule has 1 fully saturated rings. The minimum atomic E-state index is -0.528. The molecule has 1 aliphatic rings. The SMILES string of the molecule is CC1CC(O)(C(C)CN)CCN1. The largest absolute Gasteiger partial charge is 0.389 e. The van der Waals surface area contributed by atoms with Gasteiger partial charge in [0.2, 0.25) is 0 Å². The lowest BCUT2D eigenvalue weighted by Gasteiger charge is -2.40. The van der Waals surface area contributed by atoms with Crippen molar-refractivity contribution in [2.24, 2.45) is 11.7 Å². The van der Waals surface area contributed by atoms with E-state index in [4.69, 9.17) is 5.73 Å². The first-order chi connectivity index (χ1) is 5.58. The number of piperidine rings is 1. The number of hydrogen-bond acceptors (Lipinski definition) is 3. The molecule has 1 heterocycles. The highest BCUT2D eigenvalue weighted by molar-refractivity contribution is 4.92. The molecule has 0 spiro atoms. The van der Waals surface area contributed by atoms with Crippen LogP contribution >= 0.6 is 0 Å². The molecule has 1 rings (SSSR count). The van der Waals surface area contributed by atoms with Gasteiger partial charge in [0.1, 0.15) is 0 Å². The maximum absolute atomic E-state index is 10.2. The van der Waals surface area contributed by atoms with E-state index in [2.05, 4.69) is 12.2 Å². The van der Waals surface area contributed by atoms with Crippen LogP contribution in [0.25, 0.3) is 0 Å². The zero-order chi connectivity index (χ0) is 9.19. The molecule has 72 valence electrons. The van der Waals surface area contributed by atoms with Gasteiger partial charge < -0.3 is 16.2 Å². The van der Waals surface area contributed by atoms with Crippen molar-refractivity contribution in [1.29, 1.82) is 0 Å². The van der Waals surface area contributed by atoms with Gasteiger partial charge in [-0.3, -0.25) is 0 Å². The highest BCUT2D eigenvalue weighted by atomic mass is 16.3. The van der Waals surface area contributed by atoms with Gasteiger partial charge in [0.15, 0.2) is 0 Å². The average molecular weight is 172 g/mol. The Morgan fingerprint density at radius 2 is 2.42 bits per heavy atom. The molecule has 1 aliphatic heterocycles. The van der Waals surface area contributed by atoms with E-state index in [1.54, 1.807) is 0 Å². The third-order valence-corrected chi connectivity index (χ3v) is 2.98. The molecule has 3 atom stereocenters. The standard InChI is InChI=1S/C9H20N2O/c1-7(6-10)9(12)3-4-11-8(2)5-9/h7-8,11-12H,3-6,10H2,1-2H3. The number of aliphatic hydroxyl groups is 1.